The lowest BCUT2D eigenvalue weighted by molar-refractivity contribution is -0.115. The molecule has 1 fully saturated rings. The number of ether oxygens (including phenoxy) is 1. The zero-order chi connectivity index (χ0) is 16.9. The Bertz CT molecular complexity index is 684. The summed E-state index contributed by atoms with van der Waals surface area (Å²) < 4.78 is 5.35. The predicted octanol–water partition coefficient (Wildman–Crippen LogP) is 1.34. The number of morpholine rings is 1. The predicted molar refractivity (Wildman–Crippen MR) is 94.2 cm³/mol. The van der Waals surface area contributed by atoms with Gasteiger partial charge in [0.15, 0.2) is 0 Å². The number of hydrogen-bond acceptors (Lipinski definition) is 7. The topological polar surface area (TPSA) is 109 Å². The molecule has 0 bridgehead atoms. The molecular weight excluding hydrogens is 328 g/mol. The third-order valence-electron chi connectivity index (χ3n) is 3.64. The van der Waals surface area contributed by atoms with Crippen LogP contribution in [0, 0.1) is 0 Å². The number of aromatic amines is 1. The fourth-order valence-electron chi connectivity index (χ4n) is 2.34. The van der Waals surface area contributed by atoms with E-state index in [1.165, 1.54) is 11.8 Å². The van der Waals surface area contributed by atoms with Crippen molar-refractivity contribution in [2.45, 2.75) is 17.3 Å². The Labute approximate surface area is 144 Å². The van der Waals surface area contributed by atoms with E-state index in [2.05, 4.69) is 25.4 Å². The van der Waals surface area contributed by atoms with E-state index in [0.29, 0.717) is 5.16 Å². The largest absolute Gasteiger partial charge is 0.378 e. The number of benzene rings is 1. The lowest BCUT2D eigenvalue weighted by Crippen LogP contribution is -2.36. The van der Waals surface area contributed by atoms with Crippen LogP contribution in [-0.4, -0.2) is 52.6 Å². The number of H-pyrrole nitrogens is 1. The first kappa shape index (κ1) is 16.6. The molecule has 1 aliphatic heterocycles. The number of anilines is 3. The van der Waals surface area contributed by atoms with Crippen LogP contribution in [0.2, 0.25) is 0 Å². The van der Waals surface area contributed by atoms with E-state index in [4.69, 9.17) is 10.5 Å². The number of amides is 1. The van der Waals surface area contributed by atoms with E-state index in [1.807, 2.05) is 24.3 Å². The van der Waals surface area contributed by atoms with E-state index in [1.54, 1.807) is 6.92 Å². The molecule has 128 valence electrons. The molecule has 1 amide bonds. The van der Waals surface area contributed by atoms with Crippen molar-refractivity contribution >= 4 is 35.0 Å². The molecule has 1 aromatic heterocycles. The van der Waals surface area contributed by atoms with Crippen LogP contribution in [0.4, 0.5) is 17.3 Å². The van der Waals surface area contributed by atoms with Crippen molar-refractivity contribution in [2.24, 2.45) is 0 Å². The maximum atomic E-state index is 12.3. The van der Waals surface area contributed by atoms with E-state index < -0.39 is 0 Å². The molecule has 1 atom stereocenters. The monoisotopic (exact) mass is 348 g/mol. The van der Waals surface area contributed by atoms with E-state index >= 15 is 0 Å². The highest BCUT2D eigenvalue weighted by molar-refractivity contribution is 8.00. The first-order valence-corrected chi connectivity index (χ1v) is 8.58. The maximum Gasteiger partial charge on any atom is 0.237 e. The molecule has 1 unspecified atom stereocenters. The molecule has 1 saturated heterocycles. The number of nitrogen functional groups attached to an aromatic ring is 1. The zero-order valence-electron chi connectivity index (χ0n) is 13.4. The van der Waals surface area contributed by atoms with E-state index in [0.717, 1.165) is 37.7 Å². The number of nitrogens with two attached hydrogens (primary N) is 1. The quantitative estimate of drug-likeness (QED) is 0.700. The molecule has 0 spiro atoms. The van der Waals surface area contributed by atoms with Crippen LogP contribution in [0.5, 0.6) is 0 Å². The standard InChI is InChI=1S/C15H20N6O2S/c1-10(24-15-18-14(16)19-20-15)13(22)17-11-2-4-12(5-3-11)21-6-8-23-9-7-21/h2-5,10H,6-9H2,1H3,(H,17,22)(H3,16,18,19,20). The molecule has 1 aliphatic rings. The molecule has 0 aliphatic carbocycles. The summed E-state index contributed by atoms with van der Waals surface area (Å²) in [6.45, 7) is 5.07. The molecule has 2 heterocycles. The van der Waals surface area contributed by atoms with Crippen molar-refractivity contribution in [3.8, 4) is 0 Å². The Hall–Kier alpha value is -2.26. The van der Waals surface area contributed by atoms with Gasteiger partial charge in [0.2, 0.25) is 17.0 Å². The van der Waals surface area contributed by atoms with Gasteiger partial charge >= 0.3 is 0 Å². The van der Waals surface area contributed by atoms with Gasteiger partial charge in [0, 0.05) is 24.5 Å². The van der Waals surface area contributed by atoms with Crippen molar-refractivity contribution in [1.29, 1.82) is 0 Å². The molecule has 1 aromatic carbocycles. The van der Waals surface area contributed by atoms with Gasteiger partial charge in [-0.2, -0.15) is 4.98 Å². The Kier molecular flexibility index (Phi) is 5.21. The Morgan fingerprint density at radius 2 is 2.08 bits per heavy atom. The molecule has 24 heavy (non-hydrogen) atoms. The summed E-state index contributed by atoms with van der Waals surface area (Å²) in [6.07, 6.45) is 0. The third-order valence-corrected chi connectivity index (χ3v) is 4.61. The first-order chi connectivity index (χ1) is 11.6. The van der Waals surface area contributed by atoms with Gasteiger partial charge in [-0.25, -0.2) is 5.10 Å². The van der Waals surface area contributed by atoms with Gasteiger partial charge in [-0.15, -0.1) is 5.10 Å². The van der Waals surface area contributed by atoms with E-state index in [-0.39, 0.29) is 17.1 Å². The van der Waals surface area contributed by atoms with Crippen LogP contribution in [-0.2, 0) is 9.53 Å². The van der Waals surface area contributed by atoms with Crippen LogP contribution in [0.3, 0.4) is 0 Å². The highest BCUT2D eigenvalue weighted by Gasteiger charge is 2.17. The fourth-order valence-corrected chi connectivity index (χ4v) is 3.08. The zero-order valence-corrected chi connectivity index (χ0v) is 14.2. The normalized spacial score (nSPS) is 16.0. The second kappa shape index (κ2) is 7.54. The first-order valence-electron chi connectivity index (χ1n) is 7.70. The third kappa shape index (κ3) is 4.18. The molecule has 0 radical (unpaired) electrons. The Morgan fingerprint density at radius 3 is 2.71 bits per heavy atom. The summed E-state index contributed by atoms with van der Waals surface area (Å²) in [5.41, 5.74) is 7.37. The highest BCUT2D eigenvalue weighted by atomic mass is 32.2. The molecule has 9 heteroatoms. The minimum atomic E-state index is -0.334. The van der Waals surface area contributed by atoms with Gasteiger partial charge in [0.25, 0.3) is 0 Å². The van der Waals surface area contributed by atoms with Crippen molar-refractivity contribution in [1.82, 2.24) is 15.2 Å². The Balaban J connectivity index is 1.55. The fraction of sp³-hybridized carbons (Fsp3) is 0.400. The minimum Gasteiger partial charge on any atom is -0.378 e. The average Bonchev–Trinajstić information content (AvgIpc) is 3.01. The molecule has 4 N–H and O–H groups in total. The van der Waals surface area contributed by atoms with Crippen molar-refractivity contribution < 1.29 is 9.53 Å². The van der Waals surface area contributed by atoms with Gasteiger partial charge < -0.3 is 20.7 Å². The summed E-state index contributed by atoms with van der Waals surface area (Å²) in [5, 5.41) is 9.49. The summed E-state index contributed by atoms with van der Waals surface area (Å²) >= 11 is 1.25. The van der Waals surface area contributed by atoms with Crippen molar-refractivity contribution in [3.63, 3.8) is 0 Å². The molecule has 2 aromatic rings. The lowest BCUT2D eigenvalue weighted by atomic mass is 10.2. The number of rotatable bonds is 5. The van der Waals surface area contributed by atoms with Gasteiger partial charge in [0.1, 0.15) is 0 Å². The Morgan fingerprint density at radius 1 is 1.38 bits per heavy atom. The second-order valence-corrected chi connectivity index (χ2v) is 6.71. The van der Waals surface area contributed by atoms with Crippen LogP contribution < -0.4 is 16.0 Å². The maximum absolute atomic E-state index is 12.3. The van der Waals surface area contributed by atoms with Crippen molar-refractivity contribution in [2.75, 3.05) is 42.3 Å². The second-order valence-electron chi connectivity index (χ2n) is 5.40. The SMILES string of the molecule is CC(Sc1n[nH]c(N)n1)C(=O)Nc1ccc(N2CCOCC2)cc1. The number of thioether (sulfide) groups is 1. The number of hydrogen-bond donors (Lipinski definition) is 3. The van der Waals surface area contributed by atoms with Crippen LogP contribution in [0.15, 0.2) is 29.4 Å². The molecular formula is C15H20N6O2S. The number of nitrogens with zero attached hydrogens (tertiary/aromatic N) is 3. The lowest BCUT2D eigenvalue weighted by Gasteiger charge is -2.28. The van der Waals surface area contributed by atoms with E-state index in [9.17, 15) is 4.79 Å². The summed E-state index contributed by atoms with van der Waals surface area (Å²) in [4.78, 5) is 18.5. The summed E-state index contributed by atoms with van der Waals surface area (Å²) in [6, 6.07) is 7.83. The smallest absolute Gasteiger partial charge is 0.237 e. The molecule has 0 saturated carbocycles. The van der Waals surface area contributed by atoms with Gasteiger partial charge in [-0.1, -0.05) is 11.8 Å². The van der Waals surface area contributed by atoms with Gasteiger partial charge in [-0.3, -0.25) is 4.79 Å². The van der Waals surface area contributed by atoms with Crippen LogP contribution in [0.25, 0.3) is 0 Å². The van der Waals surface area contributed by atoms with Gasteiger partial charge in [-0.05, 0) is 31.2 Å². The number of aromatic nitrogens is 3. The van der Waals surface area contributed by atoms with Crippen molar-refractivity contribution in [3.05, 3.63) is 24.3 Å². The number of carbonyl (C=O) groups is 1. The van der Waals surface area contributed by atoms with Crippen LogP contribution >= 0.6 is 11.8 Å². The minimum absolute atomic E-state index is 0.109. The van der Waals surface area contributed by atoms with Crippen LogP contribution in [0.1, 0.15) is 6.92 Å². The number of carbonyl (C=O) groups excluding carboxylic acids is 1. The molecule has 3 rings (SSSR count). The van der Waals surface area contributed by atoms with Gasteiger partial charge in [0.05, 0.1) is 18.5 Å². The average molecular weight is 348 g/mol. The highest BCUT2D eigenvalue weighted by Crippen LogP contribution is 2.22. The summed E-state index contributed by atoms with van der Waals surface area (Å²) in [7, 11) is 0. The summed E-state index contributed by atoms with van der Waals surface area (Å²) in [5.74, 6) is 0.131. The molecule has 8 nitrogen and oxygen atoms in total. The number of nitrogens with one attached hydrogen (secondary N) is 2.